The summed E-state index contributed by atoms with van der Waals surface area (Å²) < 4.78 is 30.9. The fraction of sp³-hybridized carbons (Fsp3) is 0.400. The summed E-state index contributed by atoms with van der Waals surface area (Å²) in [5.74, 6) is -1.66. The normalized spacial score (nSPS) is 10.5. The second-order valence-electron chi connectivity index (χ2n) is 2.87. The Morgan fingerprint density at radius 2 is 2.14 bits per heavy atom. The molecule has 0 aliphatic rings. The van der Waals surface area contributed by atoms with Gasteiger partial charge in [0.05, 0.1) is 13.2 Å². The predicted molar refractivity (Wildman–Crippen MR) is 49.9 cm³/mol. The molecule has 4 heteroatoms. The SMILES string of the molecule is CNCCOCc1cccc(F)c1F. The fourth-order valence-electron chi connectivity index (χ4n) is 1.02. The molecule has 0 aromatic heterocycles. The Kier molecular flexibility index (Phi) is 4.49. The molecule has 2 nitrogen and oxygen atoms in total. The second kappa shape index (κ2) is 5.67. The fourth-order valence-corrected chi connectivity index (χ4v) is 1.02. The van der Waals surface area contributed by atoms with Crippen molar-refractivity contribution < 1.29 is 13.5 Å². The molecule has 0 bridgehead atoms. The van der Waals surface area contributed by atoms with Crippen LogP contribution in [0.15, 0.2) is 18.2 Å². The van der Waals surface area contributed by atoms with Crippen LogP contribution in [0.1, 0.15) is 5.56 Å². The summed E-state index contributed by atoms with van der Waals surface area (Å²) >= 11 is 0. The van der Waals surface area contributed by atoms with Gasteiger partial charge in [-0.15, -0.1) is 0 Å². The summed E-state index contributed by atoms with van der Waals surface area (Å²) in [7, 11) is 1.80. The maximum Gasteiger partial charge on any atom is 0.164 e. The average Bonchev–Trinajstić information content (AvgIpc) is 2.19. The van der Waals surface area contributed by atoms with Crippen LogP contribution in [0.4, 0.5) is 8.78 Å². The summed E-state index contributed by atoms with van der Waals surface area (Å²) in [6, 6.07) is 4.07. The van der Waals surface area contributed by atoms with Crippen LogP contribution in [0.5, 0.6) is 0 Å². The molecule has 0 fully saturated rings. The van der Waals surface area contributed by atoms with Gasteiger partial charge in [-0.3, -0.25) is 0 Å². The lowest BCUT2D eigenvalue weighted by Crippen LogP contribution is -2.14. The minimum Gasteiger partial charge on any atom is -0.375 e. The third-order valence-electron chi connectivity index (χ3n) is 1.79. The zero-order valence-electron chi connectivity index (χ0n) is 8.02. The topological polar surface area (TPSA) is 21.3 Å². The number of nitrogens with one attached hydrogen (secondary N) is 1. The molecular weight excluding hydrogens is 188 g/mol. The molecule has 78 valence electrons. The van der Waals surface area contributed by atoms with E-state index in [0.29, 0.717) is 13.2 Å². The highest BCUT2D eigenvalue weighted by atomic mass is 19.2. The second-order valence-corrected chi connectivity index (χ2v) is 2.87. The van der Waals surface area contributed by atoms with Crippen LogP contribution in [0.25, 0.3) is 0 Å². The summed E-state index contributed by atoms with van der Waals surface area (Å²) in [5, 5.41) is 2.89. The molecule has 0 radical (unpaired) electrons. The van der Waals surface area contributed by atoms with E-state index in [1.54, 1.807) is 7.05 Å². The molecule has 1 N–H and O–H groups in total. The number of halogens is 2. The van der Waals surface area contributed by atoms with E-state index in [4.69, 9.17) is 4.74 Å². The number of likely N-dealkylation sites (N-methyl/N-ethyl adjacent to an activating group) is 1. The van der Waals surface area contributed by atoms with Crippen molar-refractivity contribution in [2.75, 3.05) is 20.2 Å². The molecule has 14 heavy (non-hydrogen) atoms. The molecular formula is C10H13F2NO. The average molecular weight is 201 g/mol. The summed E-state index contributed by atoms with van der Waals surface area (Å²) in [5.41, 5.74) is 0.251. The monoisotopic (exact) mass is 201 g/mol. The van der Waals surface area contributed by atoms with Crippen LogP contribution >= 0.6 is 0 Å². The molecule has 0 aliphatic carbocycles. The molecule has 1 rings (SSSR count). The molecule has 0 saturated carbocycles. The van der Waals surface area contributed by atoms with Gasteiger partial charge in [0.1, 0.15) is 0 Å². The van der Waals surface area contributed by atoms with Gasteiger partial charge in [-0.2, -0.15) is 0 Å². The molecule has 0 saturated heterocycles. The first kappa shape index (κ1) is 11.1. The maximum atomic E-state index is 13.0. The maximum absolute atomic E-state index is 13.0. The Morgan fingerprint density at radius 3 is 2.86 bits per heavy atom. The van der Waals surface area contributed by atoms with Gasteiger partial charge in [0, 0.05) is 12.1 Å². The van der Waals surface area contributed by atoms with Crippen LogP contribution < -0.4 is 5.32 Å². The van der Waals surface area contributed by atoms with Crippen LogP contribution in [0.3, 0.4) is 0 Å². The number of benzene rings is 1. The quantitative estimate of drug-likeness (QED) is 0.732. The first-order valence-corrected chi connectivity index (χ1v) is 4.41. The molecule has 1 aromatic carbocycles. The van der Waals surface area contributed by atoms with E-state index >= 15 is 0 Å². The zero-order valence-corrected chi connectivity index (χ0v) is 8.02. The molecule has 0 aliphatic heterocycles. The van der Waals surface area contributed by atoms with Gasteiger partial charge < -0.3 is 10.1 Å². The Bertz CT molecular complexity index is 291. The first-order valence-electron chi connectivity index (χ1n) is 4.41. The van der Waals surface area contributed by atoms with Crippen molar-refractivity contribution in [3.8, 4) is 0 Å². The van der Waals surface area contributed by atoms with Crippen molar-refractivity contribution >= 4 is 0 Å². The van der Waals surface area contributed by atoms with Crippen molar-refractivity contribution in [3.05, 3.63) is 35.4 Å². The Labute approximate surface area is 81.9 Å². The van der Waals surface area contributed by atoms with Crippen LogP contribution in [-0.2, 0) is 11.3 Å². The molecule has 0 unspecified atom stereocenters. The van der Waals surface area contributed by atoms with Crippen molar-refractivity contribution in [3.63, 3.8) is 0 Å². The highest BCUT2D eigenvalue weighted by Crippen LogP contribution is 2.11. The van der Waals surface area contributed by atoms with Crippen LogP contribution in [0, 0.1) is 11.6 Å². The van der Waals surface area contributed by atoms with E-state index in [9.17, 15) is 8.78 Å². The van der Waals surface area contributed by atoms with Crippen LogP contribution in [0.2, 0.25) is 0 Å². The number of ether oxygens (including phenoxy) is 1. The summed E-state index contributed by atoms with van der Waals surface area (Å²) in [6.45, 7) is 1.27. The lowest BCUT2D eigenvalue weighted by molar-refractivity contribution is 0.121. The van der Waals surface area contributed by atoms with Gasteiger partial charge >= 0.3 is 0 Å². The van der Waals surface area contributed by atoms with E-state index in [2.05, 4.69) is 5.32 Å². The lowest BCUT2D eigenvalue weighted by Gasteiger charge is -2.05. The Hall–Kier alpha value is -1.00. The van der Waals surface area contributed by atoms with Gasteiger partial charge in [0.15, 0.2) is 11.6 Å². The van der Waals surface area contributed by atoms with Gasteiger partial charge in [-0.05, 0) is 13.1 Å². The first-order chi connectivity index (χ1) is 6.75. The van der Waals surface area contributed by atoms with Gasteiger partial charge in [0.25, 0.3) is 0 Å². The van der Waals surface area contributed by atoms with E-state index in [1.807, 2.05) is 0 Å². The van der Waals surface area contributed by atoms with Gasteiger partial charge in [-0.1, -0.05) is 12.1 Å². The van der Waals surface area contributed by atoms with E-state index < -0.39 is 11.6 Å². The largest absolute Gasteiger partial charge is 0.375 e. The smallest absolute Gasteiger partial charge is 0.164 e. The number of hydrogen-bond acceptors (Lipinski definition) is 2. The van der Waals surface area contributed by atoms with E-state index in [0.717, 1.165) is 6.07 Å². The molecule has 0 heterocycles. The highest BCUT2D eigenvalue weighted by molar-refractivity contribution is 5.17. The third-order valence-corrected chi connectivity index (χ3v) is 1.79. The van der Waals surface area contributed by atoms with Crippen molar-refractivity contribution in [1.29, 1.82) is 0 Å². The molecule has 0 atom stereocenters. The highest BCUT2D eigenvalue weighted by Gasteiger charge is 2.06. The van der Waals surface area contributed by atoms with Crippen molar-refractivity contribution in [2.24, 2.45) is 0 Å². The molecule has 0 amide bonds. The minimum atomic E-state index is -0.834. The van der Waals surface area contributed by atoms with Crippen LogP contribution in [-0.4, -0.2) is 20.2 Å². The van der Waals surface area contributed by atoms with Crippen molar-refractivity contribution in [1.82, 2.24) is 5.32 Å². The lowest BCUT2D eigenvalue weighted by atomic mass is 10.2. The number of hydrogen-bond donors (Lipinski definition) is 1. The third kappa shape index (κ3) is 3.05. The van der Waals surface area contributed by atoms with E-state index in [-0.39, 0.29) is 12.2 Å². The summed E-state index contributed by atoms with van der Waals surface area (Å²) in [4.78, 5) is 0. The molecule has 1 aromatic rings. The van der Waals surface area contributed by atoms with Gasteiger partial charge in [-0.25, -0.2) is 8.78 Å². The predicted octanol–water partition coefficient (Wildman–Crippen LogP) is 1.70. The van der Waals surface area contributed by atoms with Gasteiger partial charge in [0.2, 0.25) is 0 Å². The standard InChI is InChI=1S/C10H13F2NO/c1-13-5-6-14-7-8-3-2-4-9(11)10(8)12/h2-4,13H,5-7H2,1H3. The minimum absolute atomic E-state index is 0.102. The zero-order chi connectivity index (χ0) is 10.4. The molecule has 0 spiro atoms. The van der Waals surface area contributed by atoms with E-state index in [1.165, 1.54) is 12.1 Å². The Balaban J connectivity index is 2.46. The summed E-state index contributed by atoms with van der Waals surface area (Å²) in [6.07, 6.45) is 0. The number of rotatable bonds is 5. The Morgan fingerprint density at radius 1 is 1.36 bits per heavy atom. The van der Waals surface area contributed by atoms with Crippen molar-refractivity contribution in [2.45, 2.75) is 6.61 Å².